The molecule has 1 aliphatic rings. The number of aromatic nitrogens is 1. The van der Waals surface area contributed by atoms with Crippen molar-refractivity contribution in [1.82, 2.24) is 4.98 Å². The Morgan fingerprint density at radius 1 is 1.64 bits per heavy atom. The van der Waals surface area contributed by atoms with Crippen LogP contribution in [0.5, 0.6) is 0 Å². The van der Waals surface area contributed by atoms with Crippen LogP contribution in [-0.4, -0.2) is 4.98 Å². The second-order valence-corrected chi connectivity index (χ2v) is 3.12. The van der Waals surface area contributed by atoms with E-state index in [1.807, 2.05) is 0 Å². The zero-order valence-corrected chi connectivity index (χ0v) is 6.36. The molecule has 1 fully saturated rings. The highest BCUT2D eigenvalue weighted by Crippen LogP contribution is 2.35. The zero-order valence-electron chi connectivity index (χ0n) is 6.36. The number of hydrogen-bond acceptors (Lipinski definition) is 3. The van der Waals surface area contributed by atoms with Crippen molar-refractivity contribution in [3.63, 3.8) is 0 Å². The normalized spacial score (nSPS) is 21.2. The highest BCUT2D eigenvalue weighted by molar-refractivity contribution is 5.00. The third kappa shape index (κ3) is 1.16. The first-order chi connectivity index (χ1) is 5.38. The van der Waals surface area contributed by atoms with Crippen LogP contribution < -0.4 is 5.73 Å². The molecular weight excluding hydrogens is 140 g/mol. The van der Waals surface area contributed by atoms with Gasteiger partial charge >= 0.3 is 0 Å². The molecule has 1 aromatic heterocycles. The Bertz CT molecular complexity index is 216. The minimum absolute atomic E-state index is 0.0752. The molecule has 0 bridgehead atoms. The van der Waals surface area contributed by atoms with Crippen LogP contribution >= 0.6 is 0 Å². The topological polar surface area (TPSA) is 52.0 Å². The lowest BCUT2D eigenvalue weighted by Gasteiger charge is -2.29. The molecule has 1 aliphatic carbocycles. The van der Waals surface area contributed by atoms with Gasteiger partial charge in [0.15, 0.2) is 6.39 Å². The predicted molar refractivity (Wildman–Crippen MR) is 40.8 cm³/mol. The fourth-order valence-electron chi connectivity index (χ4n) is 1.42. The van der Waals surface area contributed by atoms with Crippen molar-refractivity contribution in [2.24, 2.45) is 11.7 Å². The molecule has 0 radical (unpaired) electrons. The molecule has 60 valence electrons. The van der Waals surface area contributed by atoms with Gasteiger partial charge in [-0.15, -0.1) is 0 Å². The summed E-state index contributed by atoms with van der Waals surface area (Å²) in [6.07, 6.45) is 6.94. The fourth-order valence-corrected chi connectivity index (χ4v) is 1.42. The summed E-state index contributed by atoms with van der Waals surface area (Å²) in [6.45, 7) is 0. The molecule has 0 aromatic carbocycles. The number of rotatable bonds is 2. The van der Waals surface area contributed by atoms with Gasteiger partial charge in [-0.25, -0.2) is 4.98 Å². The first kappa shape index (κ1) is 6.85. The van der Waals surface area contributed by atoms with Gasteiger partial charge in [-0.05, 0) is 18.8 Å². The van der Waals surface area contributed by atoms with Gasteiger partial charge in [0.2, 0.25) is 0 Å². The summed E-state index contributed by atoms with van der Waals surface area (Å²) in [5.41, 5.74) is 5.91. The van der Waals surface area contributed by atoms with E-state index in [2.05, 4.69) is 4.98 Å². The molecule has 1 heterocycles. The summed E-state index contributed by atoms with van der Waals surface area (Å²) in [5, 5.41) is 0. The van der Waals surface area contributed by atoms with Crippen molar-refractivity contribution >= 4 is 0 Å². The zero-order chi connectivity index (χ0) is 7.68. The molecule has 2 rings (SSSR count). The standard InChI is InChI=1S/C8H12N2O/c9-8(6-2-1-3-6)7-4-10-5-11-7/h4-6,8H,1-3,9H2. The van der Waals surface area contributed by atoms with Gasteiger partial charge in [0.05, 0.1) is 12.2 Å². The second kappa shape index (κ2) is 2.66. The average molecular weight is 152 g/mol. The van der Waals surface area contributed by atoms with Gasteiger partial charge in [-0.1, -0.05) is 6.42 Å². The summed E-state index contributed by atoms with van der Waals surface area (Å²) < 4.78 is 5.12. The fraction of sp³-hybridized carbons (Fsp3) is 0.625. The maximum Gasteiger partial charge on any atom is 0.180 e. The van der Waals surface area contributed by atoms with Crippen molar-refractivity contribution in [2.45, 2.75) is 25.3 Å². The molecule has 2 N–H and O–H groups in total. The van der Waals surface area contributed by atoms with Gasteiger partial charge < -0.3 is 10.2 Å². The number of nitrogens with zero attached hydrogens (tertiary/aromatic N) is 1. The SMILES string of the molecule is NC(c1cnco1)C1CCC1. The van der Waals surface area contributed by atoms with Crippen LogP contribution in [0.3, 0.4) is 0 Å². The molecule has 1 atom stereocenters. The van der Waals surface area contributed by atoms with E-state index in [9.17, 15) is 0 Å². The summed E-state index contributed by atoms with van der Waals surface area (Å²) in [6, 6.07) is 0.0752. The molecule has 1 unspecified atom stereocenters. The summed E-state index contributed by atoms with van der Waals surface area (Å²) in [7, 11) is 0. The Morgan fingerprint density at radius 2 is 2.45 bits per heavy atom. The van der Waals surface area contributed by atoms with E-state index in [0.717, 1.165) is 5.76 Å². The van der Waals surface area contributed by atoms with Crippen LogP contribution in [0.2, 0.25) is 0 Å². The van der Waals surface area contributed by atoms with Crippen LogP contribution in [0.4, 0.5) is 0 Å². The monoisotopic (exact) mass is 152 g/mol. The third-order valence-electron chi connectivity index (χ3n) is 2.44. The second-order valence-electron chi connectivity index (χ2n) is 3.12. The van der Waals surface area contributed by atoms with E-state index in [1.54, 1.807) is 6.20 Å². The van der Waals surface area contributed by atoms with Crippen LogP contribution in [0.1, 0.15) is 31.1 Å². The molecule has 0 saturated heterocycles. The van der Waals surface area contributed by atoms with E-state index in [0.29, 0.717) is 5.92 Å². The minimum atomic E-state index is 0.0752. The van der Waals surface area contributed by atoms with Crippen LogP contribution in [0.25, 0.3) is 0 Å². The molecule has 0 aliphatic heterocycles. The Morgan fingerprint density at radius 3 is 2.91 bits per heavy atom. The minimum Gasteiger partial charge on any atom is -0.447 e. The molecule has 0 spiro atoms. The third-order valence-corrected chi connectivity index (χ3v) is 2.44. The average Bonchev–Trinajstić information content (AvgIpc) is 2.32. The molecule has 11 heavy (non-hydrogen) atoms. The van der Waals surface area contributed by atoms with Crippen molar-refractivity contribution in [1.29, 1.82) is 0 Å². The van der Waals surface area contributed by atoms with Gasteiger partial charge in [-0.2, -0.15) is 0 Å². The lowest BCUT2D eigenvalue weighted by Crippen LogP contribution is -2.26. The van der Waals surface area contributed by atoms with E-state index in [1.165, 1.54) is 25.7 Å². The van der Waals surface area contributed by atoms with E-state index < -0.39 is 0 Å². The summed E-state index contributed by atoms with van der Waals surface area (Å²) >= 11 is 0. The molecule has 3 heteroatoms. The Balaban J connectivity index is 2.04. The molecule has 3 nitrogen and oxygen atoms in total. The Labute approximate surface area is 65.6 Å². The van der Waals surface area contributed by atoms with Gasteiger partial charge in [-0.3, -0.25) is 0 Å². The van der Waals surface area contributed by atoms with Crippen LogP contribution in [-0.2, 0) is 0 Å². The first-order valence-electron chi connectivity index (χ1n) is 4.02. The number of oxazole rings is 1. The summed E-state index contributed by atoms with van der Waals surface area (Å²) in [4.78, 5) is 3.84. The van der Waals surface area contributed by atoms with Crippen molar-refractivity contribution < 1.29 is 4.42 Å². The van der Waals surface area contributed by atoms with Crippen molar-refractivity contribution in [3.8, 4) is 0 Å². The highest BCUT2D eigenvalue weighted by Gasteiger charge is 2.27. The first-order valence-corrected chi connectivity index (χ1v) is 4.02. The molecule has 1 saturated carbocycles. The maximum atomic E-state index is 5.91. The highest BCUT2D eigenvalue weighted by atomic mass is 16.3. The largest absolute Gasteiger partial charge is 0.447 e. The smallest absolute Gasteiger partial charge is 0.180 e. The number of nitrogens with two attached hydrogens (primary N) is 1. The van der Waals surface area contributed by atoms with Crippen molar-refractivity contribution in [3.05, 3.63) is 18.4 Å². The van der Waals surface area contributed by atoms with Gasteiger partial charge in [0.1, 0.15) is 5.76 Å². The van der Waals surface area contributed by atoms with Crippen molar-refractivity contribution in [2.75, 3.05) is 0 Å². The maximum absolute atomic E-state index is 5.91. The molecule has 1 aromatic rings. The van der Waals surface area contributed by atoms with E-state index in [-0.39, 0.29) is 6.04 Å². The van der Waals surface area contributed by atoms with Gasteiger partial charge in [0.25, 0.3) is 0 Å². The Hall–Kier alpha value is -0.830. The van der Waals surface area contributed by atoms with Crippen LogP contribution in [0.15, 0.2) is 17.0 Å². The lowest BCUT2D eigenvalue weighted by atomic mass is 9.79. The van der Waals surface area contributed by atoms with Crippen LogP contribution in [0, 0.1) is 5.92 Å². The quantitative estimate of drug-likeness (QED) is 0.698. The van der Waals surface area contributed by atoms with E-state index >= 15 is 0 Å². The predicted octanol–water partition coefficient (Wildman–Crippen LogP) is 1.47. The lowest BCUT2D eigenvalue weighted by molar-refractivity contribution is 0.241. The Kier molecular flexibility index (Phi) is 1.66. The summed E-state index contributed by atoms with van der Waals surface area (Å²) in [5.74, 6) is 1.46. The number of hydrogen-bond donors (Lipinski definition) is 1. The van der Waals surface area contributed by atoms with E-state index in [4.69, 9.17) is 10.2 Å². The molecule has 0 amide bonds. The molecular formula is C8H12N2O. The van der Waals surface area contributed by atoms with Gasteiger partial charge in [0, 0.05) is 0 Å².